The van der Waals surface area contributed by atoms with Gasteiger partial charge in [-0.25, -0.2) is 21.1 Å². The van der Waals surface area contributed by atoms with Crippen LogP contribution in [-0.2, 0) is 33.0 Å². The second-order valence-corrected chi connectivity index (χ2v) is 14.2. The standard InChI is InChI=1S/C23H29BrClN3O5S2/c1-4-35(32,33)22-8-7-19(25)11-18(22)13-26-23(29)16-5-6-17(21(24)12-16)14-28-10-9-20(15-28)27(2)34(3,30)31/h5-8,11-12,20H,4,9-10,13-15H2,1-3H3,(H,26,29). The summed E-state index contributed by atoms with van der Waals surface area (Å²) < 4.78 is 50.6. The van der Waals surface area contributed by atoms with Crippen molar-refractivity contribution in [2.24, 2.45) is 0 Å². The quantitative estimate of drug-likeness (QED) is 0.470. The lowest BCUT2D eigenvalue weighted by Gasteiger charge is -2.22. The second-order valence-electron chi connectivity index (χ2n) is 8.60. The maximum atomic E-state index is 12.8. The lowest BCUT2D eigenvalue weighted by molar-refractivity contribution is 0.0950. The molecule has 0 saturated carbocycles. The van der Waals surface area contributed by atoms with E-state index in [1.165, 1.54) is 22.7 Å². The van der Waals surface area contributed by atoms with Crippen molar-refractivity contribution in [3.8, 4) is 0 Å². The minimum Gasteiger partial charge on any atom is -0.348 e. The summed E-state index contributed by atoms with van der Waals surface area (Å²) in [7, 11) is -5.08. The molecule has 0 radical (unpaired) electrons. The molecule has 3 rings (SSSR count). The monoisotopic (exact) mass is 605 g/mol. The number of rotatable bonds is 9. The normalized spacial score (nSPS) is 17.1. The van der Waals surface area contributed by atoms with Gasteiger partial charge in [-0.15, -0.1) is 0 Å². The van der Waals surface area contributed by atoms with E-state index in [1.807, 2.05) is 6.07 Å². The molecule has 1 aliphatic heterocycles. The molecule has 2 aromatic rings. The van der Waals surface area contributed by atoms with E-state index < -0.39 is 19.9 Å². The Morgan fingerprint density at radius 3 is 2.51 bits per heavy atom. The summed E-state index contributed by atoms with van der Waals surface area (Å²) in [6.45, 7) is 3.63. The van der Waals surface area contributed by atoms with E-state index in [9.17, 15) is 21.6 Å². The van der Waals surface area contributed by atoms with Crippen molar-refractivity contribution in [1.29, 1.82) is 0 Å². The molecule has 8 nitrogen and oxygen atoms in total. The minimum absolute atomic E-state index is 0.0242. The van der Waals surface area contributed by atoms with E-state index >= 15 is 0 Å². The van der Waals surface area contributed by atoms with Crippen LogP contribution in [0.4, 0.5) is 0 Å². The molecule has 1 fully saturated rings. The number of hydrogen-bond donors (Lipinski definition) is 1. The van der Waals surface area contributed by atoms with Crippen LogP contribution in [0, 0.1) is 0 Å². The van der Waals surface area contributed by atoms with Crippen LogP contribution in [0.1, 0.15) is 34.8 Å². The van der Waals surface area contributed by atoms with E-state index in [1.54, 1.807) is 32.2 Å². The van der Waals surface area contributed by atoms with Crippen molar-refractivity contribution in [1.82, 2.24) is 14.5 Å². The largest absolute Gasteiger partial charge is 0.348 e. The Kier molecular flexibility index (Phi) is 9.04. The molecule has 192 valence electrons. The first-order valence-corrected chi connectivity index (χ1v) is 15.7. The van der Waals surface area contributed by atoms with E-state index in [0.717, 1.165) is 23.0 Å². The number of nitrogens with zero attached hydrogens (tertiary/aromatic N) is 2. The van der Waals surface area contributed by atoms with Gasteiger partial charge in [-0.3, -0.25) is 9.69 Å². The molecule has 0 aromatic heterocycles. The smallest absolute Gasteiger partial charge is 0.251 e. The van der Waals surface area contributed by atoms with Crippen molar-refractivity contribution < 1.29 is 21.6 Å². The number of benzene rings is 2. The second kappa shape index (κ2) is 11.3. The lowest BCUT2D eigenvalue weighted by atomic mass is 10.1. The molecule has 1 aliphatic rings. The Labute approximate surface area is 220 Å². The van der Waals surface area contributed by atoms with Crippen LogP contribution in [0.3, 0.4) is 0 Å². The molecule has 1 saturated heterocycles. The number of sulfonamides is 1. The van der Waals surface area contributed by atoms with Gasteiger partial charge in [0.15, 0.2) is 9.84 Å². The summed E-state index contributed by atoms with van der Waals surface area (Å²) in [6, 6.07) is 9.78. The Morgan fingerprint density at radius 2 is 1.89 bits per heavy atom. The maximum absolute atomic E-state index is 12.8. The molecular formula is C23H29BrClN3O5S2. The molecule has 12 heteroatoms. The van der Waals surface area contributed by atoms with Gasteiger partial charge < -0.3 is 5.32 Å². The molecule has 2 aromatic carbocycles. The molecule has 0 spiro atoms. The molecule has 0 bridgehead atoms. The Morgan fingerprint density at radius 1 is 1.17 bits per heavy atom. The zero-order valence-corrected chi connectivity index (χ0v) is 23.8. The van der Waals surface area contributed by atoms with Crippen molar-refractivity contribution in [3.05, 3.63) is 62.6 Å². The Balaban J connectivity index is 1.66. The fraction of sp³-hybridized carbons (Fsp3) is 0.435. The molecule has 1 unspecified atom stereocenters. The number of likely N-dealkylation sites (N-methyl/N-ethyl adjacent to an activating group) is 1. The van der Waals surface area contributed by atoms with Crippen molar-refractivity contribution in [2.75, 3.05) is 32.1 Å². The third-order valence-electron chi connectivity index (χ3n) is 6.17. The third kappa shape index (κ3) is 7.05. The van der Waals surface area contributed by atoms with E-state index in [2.05, 4.69) is 26.1 Å². The number of sulfone groups is 1. The van der Waals surface area contributed by atoms with Crippen LogP contribution in [-0.4, -0.2) is 70.1 Å². The van der Waals surface area contributed by atoms with Crippen molar-refractivity contribution >= 4 is 53.3 Å². The Bertz CT molecular complexity index is 1320. The molecule has 1 amide bonds. The summed E-state index contributed by atoms with van der Waals surface area (Å²) in [5.41, 5.74) is 1.85. The highest BCUT2D eigenvalue weighted by Crippen LogP contribution is 2.25. The van der Waals surface area contributed by atoms with Crippen LogP contribution >= 0.6 is 27.5 Å². The molecule has 0 aliphatic carbocycles. The SMILES string of the molecule is CCS(=O)(=O)c1ccc(Cl)cc1CNC(=O)c1ccc(CN2CCC(N(C)S(C)(=O)=O)C2)c(Br)c1. The van der Waals surface area contributed by atoms with Gasteiger partial charge in [0.05, 0.1) is 16.9 Å². The molecule has 1 atom stereocenters. The number of carbonyl (C=O) groups excluding carboxylic acids is 1. The number of likely N-dealkylation sites (tertiary alicyclic amines) is 1. The van der Waals surface area contributed by atoms with Crippen molar-refractivity contribution in [2.45, 2.75) is 37.4 Å². The van der Waals surface area contributed by atoms with Crippen LogP contribution < -0.4 is 5.32 Å². The lowest BCUT2D eigenvalue weighted by Crippen LogP contribution is -2.38. The average molecular weight is 607 g/mol. The number of hydrogen-bond acceptors (Lipinski definition) is 6. The maximum Gasteiger partial charge on any atom is 0.251 e. The van der Waals surface area contributed by atoms with Gasteiger partial charge in [0.25, 0.3) is 5.91 Å². The highest BCUT2D eigenvalue weighted by atomic mass is 79.9. The van der Waals surface area contributed by atoms with Crippen LogP contribution in [0.2, 0.25) is 5.02 Å². The van der Waals surface area contributed by atoms with E-state index in [0.29, 0.717) is 29.2 Å². The topological polar surface area (TPSA) is 104 Å². The van der Waals surface area contributed by atoms with Gasteiger partial charge in [-0.2, -0.15) is 0 Å². The van der Waals surface area contributed by atoms with Gasteiger partial charge in [0, 0.05) is 54.3 Å². The Hall–Kier alpha value is -1.50. The summed E-state index contributed by atoms with van der Waals surface area (Å²) in [4.78, 5) is 15.1. The summed E-state index contributed by atoms with van der Waals surface area (Å²) in [5, 5.41) is 3.17. The van der Waals surface area contributed by atoms with Gasteiger partial charge in [-0.1, -0.05) is 40.5 Å². The average Bonchev–Trinajstić information content (AvgIpc) is 3.25. The van der Waals surface area contributed by atoms with Crippen LogP contribution in [0.15, 0.2) is 45.8 Å². The number of amides is 1. The summed E-state index contributed by atoms with van der Waals surface area (Å²) in [6.07, 6.45) is 1.98. The first-order valence-electron chi connectivity index (χ1n) is 11.0. The molecule has 35 heavy (non-hydrogen) atoms. The summed E-state index contributed by atoms with van der Waals surface area (Å²) in [5.74, 6) is -0.389. The van der Waals surface area contributed by atoms with Gasteiger partial charge in [-0.05, 0) is 47.9 Å². The number of nitrogens with one attached hydrogen (secondary N) is 1. The van der Waals surface area contributed by atoms with Gasteiger partial charge >= 0.3 is 0 Å². The van der Waals surface area contributed by atoms with E-state index in [-0.39, 0.29) is 29.1 Å². The molecule has 1 heterocycles. The predicted molar refractivity (Wildman–Crippen MR) is 141 cm³/mol. The van der Waals surface area contributed by atoms with Gasteiger partial charge in [0.1, 0.15) is 0 Å². The first-order chi connectivity index (χ1) is 16.3. The zero-order valence-electron chi connectivity index (χ0n) is 19.8. The summed E-state index contributed by atoms with van der Waals surface area (Å²) >= 11 is 9.59. The first kappa shape index (κ1) is 28.1. The highest BCUT2D eigenvalue weighted by molar-refractivity contribution is 9.10. The van der Waals surface area contributed by atoms with Gasteiger partial charge in [0.2, 0.25) is 10.0 Å². The number of halogens is 2. The predicted octanol–water partition coefficient (Wildman–Crippen LogP) is 3.29. The fourth-order valence-corrected chi connectivity index (χ4v) is 6.53. The van der Waals surface area contributed by atoms with Crippen LogP contribution in [0.5, 0.6) is 0 Å². The number of carbonyl (C=O) groups is 1. The third-order valence-corrected chi connectivity index (χ3v) is 10.3. The van der Waals surface area contributed by atoms with Crippen LogP contribution in [0.25, 0.3) is 0 Å². The fourth-order valence-electron chi connectivity index (χ4n) is 4.00. The van der Waals surface area contributed by atoms with Crippen molar-refractivity contribution in [3.63, 3.8) is 0 Å². The molecular weight excluding hydrogens is 578 g/mol. The molecule has 1 N–H and O–H groups in total. The zero-order chi connectivity index (χ0) is 26.0. The highest BCUT2D eigenvalue weighted by Gasteiger charge is 2.30. The van der Waals surface area contributed by atoms with E-state index in [4.69, 9.17) is 11.6 Å². The minimum atomic E-state index is -3.46.